The van der Waals surface area contributed by atoms with Crippen molar-refractivity contribution in [3.05, 3.63) is 0 Å². The van der Waals surface area contributed by atoms with Gasteiger partial charge in [0.25, 0.3) is 0 Å². The van der Waals surface area contributed by atoms with Crippen LogP contribution in [0.1, 0.15) is 40.0 Å². The molecule has 2 saturated carbocycles. The first-order valence-corrected chi connectivity index (χ1v) is 6.52. The van der Waals surface area contributed by atoms with Crippen LogP contribution in [0.3, 0.4) is 0 Å². The van der Waals surface area contributed by atoms with Gasteiger partial charge in [-0.3, -0.25) is 4.79 Å². The van der Waals surface area contributed by atoms with Crippen LogP contribution in [0.5, 0.6) is 0 Å². The predicted molar refractivity (Wildman–Crippen MR) is 67.2 cm³/mol. The predicted octanol–water partition coefficient (Wildman–Crippen LogP) is 1.58. The molecule has 3 atom stereocenters. The molecular formula is C13H22N2O3. The Kier molecular flexibility index (Phi) is 3.03. The van der Waals surface area contributed by atoms with Crippen LogP contribution >= 0.6 is 0 Å². The molecule has 5 nitrogen and oxygen atoms in total. The summed E-state index contributed by atoms with van der Waals surface area (Å²) in [6, 6.07) is -0.248. The van der Waals surface area contributed by atoms with Crippen LogP contribution in [0, 0.1) is 16.7 Å². The summed E-state index contributed by atoms with van der Waals surface area (Å²) in [4.78, 5) is 22.1. The molecule has 0 spiro atoms. The molecule has 2 bridgehead atoms. The highest BCUT2D eigenvalue weighted by molar-refractivity contribution is 5.80. The van der Waals surface area contributed by atoms with E-state index in [1.165, 1.54) is 6.42 Å². The molecule has 2 aliphatic rings. The fourth-order valence-electron chi connectivity index (χ4n) is 4.00. The third-order valence-electron chi connectivity index (χ3n) is 4.95. The minimum absolute atomic E-state index is 0.0908. The van der Waals surface area contributed by atoms with Crippen LogP contribution in [0.4, 0.5) is 4.79 Å². The van der Waals surface area contributed by atoms with Gasteiger partial charge in [-0.15, -0.1) is 0 Å². The van der Waals surface area contributed by atoms with E-state index in [1.54, 1.807) is 0 Å². The van der Waals surface area contributed by atoms with E-state index in [1.807, 2.05) is 0 Å². The van der Waals surface area contributed by atoms with Gasteiger partial charge in [0, 0.05) is 6.04 Å². The van der Waals surface area contributed by atoms with E-state index >= 15 is 0 Å². The number of urea groups is 1. The molecule has 5 heteroatoms. The number of carbonyl (C=O) groups excluding carboxylic acids is 1. The van der Waals surface area contributed by atoms with Gasteiger partial charge in [-0.2, -0.15) is 0 Å². The number of amides is 2. The molecule has 102 valence electrons. The third kappa shape index (κ3) is 2.06. The van der Waals surface area contributed by atoms with Gasteiger partial charge in [-0.25, -0.2) is 4.79 Å². The topological polar surface area (TPSA) is 78.4 Å². The zero-order valence-corrected chi connectivity index (χ0v) is 11.2. The maximum absolute atomic E-state index is 11.7. The summed E-state index contributed by atoms with van der Waals surface area (Å²) in [6.45, 7) is 6.29. The largest absolute Gasteiger partial charge is 0.480 e. The monoisotopic (exact) mass is 254 g/mol. The minimum Gasteiger partial charge on any atom is -0.480 e. The lowest BCUT2D eigenvalue weighted by Gasteiger charge is -2.42. The Morgan fingerprint density at radius 2 is 2.00 bits per heavy atom. The Balaban J connectivity index is 2.00. The molecule has 0 aromatic carbocycles. The van der Waals surface area contributed by atoms with Crippen molar-refractivity contribution in [2.45, 2.75) is 46.1 Å². The molecule has 3 unspecified atom stereocenters. The maximum atomic E-state index is 11.7. The summed E-state index contributed by atoms with van der Waals surface area (Å²) in [5.41, 5.74) is 0.252. The number of nitrogens with one attached hydrogen (secondary N) is 2. The minimum atomic E-state index is -1.02. The maximum Gasteiger partial charge on any atom is 0.323 e. The fraction of sp³-hybridized carbons (Fsp3) is 0.846. The van der Waals surface area contributed by atoms with Gasteiger partial charge in [0.2, 0.25) is 0 Å². The van der Waals surface area contributed by atoms with Gasteiger partial charge in [0.05, 0.1) is 0 Å². The van der Waals surface area contributed by atoms with Crippen molar-refractivity contribution in [1.82, 2.24) is 10.6 Å². The number of rotatable bonds is 3. The van der Waals surface area contributed by atoms with Crippen LogP contribution in [0.15, 0.2) is 0 Å². The summed E-state index contributed by atoms with van der Waals surface area (Å²) < 4.78 is 0. The van der Waals surface area contributed by atoms with Crippen LogP contribution in [-0.4, -0.2) is 29.7 Å². The van der Waals surface area contributed by atoms with Gasteiger partial charge in [-0.1, -0.05) is 20.8 Å². The molecule has 18 heavy (non-hydrogen) atoms. The second kappa shape index (κ2) is 4.14. The summed E-state index contributed by atoms with van der Waals surface area (Å²) in [5.74, 6) is -0.365. The summed E-state index contributed by atoms with van der Waals surface area (Å²) in [6.07, 6.45) is 3.53. The summed E-state index contributed by atoms with van der Waals surface area (Å²) in [7, 11) is 0. The Morgan fingerprint density at radius 3 is 2.50 bits per heavy atom. The van der Waals surface area contributed by atoms with Crippen molar-refractivity contribution < 1.29 is 14.7 Å². The highest BCUT2D eigenvalue weighted by atomic mass is 16.4. The molecule has 2 aliphatic carbocycles. The molecule has 3 N–H and O–H groups in total. The number of hydrogen-bond acceptors (Lipinski definition) is 2. The zero-order valence-electron chi connectivity index (χ0n) is 11.2. The van der Waals surface area contributed by atoms with E-state index in [2.05, 4.69) is 31.4 Å². The number of carboxylic acids is 1. The molecule has 0 radical (unpaired) electrons. The molecule has 2 amide bonds. The first-order valence-electron chi connectivity index (χ1n) is 6.52. The summed E-state index contributed by atoms with van der Waals surface area (Å²) in [5, 5.41) is 13.9. The lowest BCUT2D eigenvalue weighted by Crippen LogP contribution is -2.55. The Bertz CT molecular complexity index is 376. The fourth-order valence-corrected chi connectivity index (χ4v) is 4.00. The van der Waals surface area contributed by atoms with E-state index in [0.29, 0.717) is 5.92 Å². The molecular weight excluding hydrogens is 232 g/mol. The van der Waals surface area contributed by atoms with Gasteiger partial charge >= 0.3 is 12.0 Å². The standard InChI is InChI=1S/C13H22N2O3/c1-12(2)8-4-5-13(3,6-8)10(12)15-11(18)14-7-9(16)17/h8,10H,4-7H2,1-3H3,(H,16,17)(H2,14,15,18). The molecule has 0 saturated heterocycles. The smallest absolute Gasteiger partial charge is 0.323 e. The number of aliphatic carboxylic acids is 1. The van der Waals surface area contributed by atoms with Crippen molar-refractivity contribution in [3.63, 3.8) is 0 Å². The molecule has 2 fully saturated rings. The molecule has 0 heterocycles. The molecule has 2 rings (SSSR count). The van der Waals surface area contributed by atoms with Crippen LogP contribution in [0.25, 0.3) is 0 Å². The molecule has 0 aromatic rings. The van der Waals surface area contributed by atoms with Crippen molar-refractivity contribution in [3.8, 4) is 0 Å². The Labute approximate surface area is 107 Å². The first kappa shape index (κ1) is 13.2. The van der Waals surface area contributed by atoms with E-state index < -0.39 is 5.97 Å². The molecule has 0 aliphatic heterocycles. The second-order valence-corrected chi connectivity index (χ2v) is 6.57. The van der Waals surface area contributed by atoms with Crippen LogP contribution < -0.4 is 10.6 Å². The normalized spacial score (nSPS) is 36.4. The van der Waals surface area contributed by atoms with E-state index in [9.17, 15) is 9.59 Å². The average molecular weight is 254 g/mol. The van der Waals surface area contributed by atoms with E-state index in [-0.39, 0.29) is 29.4 Å². The zero-order chi connectivity index (χ0) is 13.6. The van der Waals surface area contributed by atoms with Crippen molar-refractivity contribution >= 4 is 12.0 Å². The van der Waals surface area contributed by atoms with Gasteiger partial charge in [0.15, 0.2) is 0 Å². The highest BCUT2D eigenvalue weighted by Gasteiger charge is 2.59. The first-order chi connectivity index (χ1) is 8.25. The number of hydrogen-bond donors (Lipinski definition) is 3. The summed E-state index contributed by atoms with van der Waals surface area (Å²) >= 11 is 0. The second-order valence-electron chi connectivity index (χ2n) is 6.57. The van der Waals surface area contributed by atoms with E-state index in [4.69, 9.17) is 5.11 Å². The van der Waals surface area contributed by atoms with Crippen molar-refractivity contribution in [1.29, 1.82) is 0 Å². The Hall–Kier alpha value is -1.26. The average Bonchev–Trinajstić information content (AvgIpc) is 2.73. The highest BCUT2D eigenvalue weighted by Crippen LogP contribution is 2.62. The number of carboxylic acid groups (broad SMARTS) is 1. The van der Waals surface area contributed by atoms with Gasteiger partial charge in [0.1, 0.15) is 6.54 Å². The van der Waals surface area contributed by atoms with Crippen LogP contribution in [0.2, 0.25) is 0 Å². The van der Waals surface area contributed by atoms with Crippen molar-refractivity contribution in [2.24, 2.45) is 16.7 Å². The van der Waals surface area contributed by atoms with Crippen LogP contribution in [-0.2, 0) is 4.79 Å². The molecule has 0 aromatic heterocycles. The lowest BCUT2D eigenvalue weighted by atomic mass is 9.68. The van der Waals surface area contributed by atoms with E-state index in [0.717, 1.165) is 12.8 Å². The Morgan fingerprint density at radius 1 is 1.33 bits per heavy atom. The number of fused-ring (bicyclic) bond motifs is 2. The lowest BCUT2D eigenvalue weighted by molar-refractivity contribution is -0.135. The van der Waals surface area contributed by atoms with Gasteiger partial charge in [-0.05, 0) is 36.0 Å². The third-order valence-corrected chi connectivity index (χ3v) is 4.95. The van der Waals surface area contributed by atoms with Crippen molar-refractivity contribution in [2.75, 3.05) is 6.54 Å². The number of carbonyl (C=O) groups is 2. The SMILES string of the molecule is CC12CCC(C1)C(C)(C)C2NC(=O)NCC(=O)O. The van der Waals surface area contributed by atoms with Gasteiger partial charge < -0.3 is 15.7 Å². The quantitative estimate of drug-likeness (QED) is 0.715.